The molecule has 1 N–H and O–H groups in total. The zero-order valence-electron chi connectivity index (χ0n) is 34.4. The average Bonchev–Trinajstić information content (AvgIpc) is 3.31. The molecule has 0 fully saturated rings. The maximum absolute atomic E-state index is 15.3. The molecule has 8 aromatic rings. The van der Waals surface area contributed by atoms with Gasteiger partial charge in [0.25, 0.3) is 5.91 Å². The number of carbonyl (C=O) groups excluding carboxylic acids is 2. The van der Waals surface area contributed by atoms with Crippen molar-refractivity contribution in [3.05, 3.63) is 259 Å². The second-order valence-electron chi connectivity index (χ2n) is 15.8. The van der Waals surface area contributed by atoms with E-state index in [1.165, 1.54) is 43.5 Å². The van der Waals surface area contributed by atoms with E-state index in [9.17, 15) is 0 Å². The summed E-state index contributed by atoms with van der Waals surface area (Å²) in [5.74, 6) is -0.309. The van der Waals surface area contributed by atoms with E-state index >= 15 is 9.59 Å². The molecule has 3 aliphatic carbocycles. The van der Waals surface area contributed by atoms with Gasteiger partial charge in [0.05, 0.1) is 27.0 Å². The Hall–Kier alpha value is -5.58. The summed E-state index contributed by atoms with van der Waals surface area (Å²) in [5.41, 5.74) is 6.46. The monoisotopic (exact) mass is 934 g/mol. The van der Waals surface area contributed by atoms with Crippen molar-refractivity contribution in [2.45, 2.75) is 24.3 Å². The Bertz CT molecular complexity index is 2480. The van der Waals surface area contributed by atoms with E-state index in [2.05, 4.69) is 187 Å². The molecule has 0 radical (unpaired) electrons. The van der Waals surface area contributed by atoms with Gasteiger partial charge in [-0.05, 0) is 101 Å². The number of fused-ring (bicyclic) bond motifs is 1. The van der Waals surface area contributed by atoms with Crippen LogP contribution in [0.4, 0.5) is 0 Å². The van der Waals surface area contributed by atoms with Crippen LogP contribution in [-0.4, -0.2) is 17.7 Å². The minimum absolute atomic E-state index is 0. The first kappa shape index (κ1) is 43.1. The summed E-state index contributed by atoms with van der Waals surface area (Å²) in [4.78, 5) is 30.5. The first-order valence-electron chi connectivity index (χ1n) is 20.8. The molecule has 0 saturated heterocycles. The van der Waals surface area contributed by atoms with Crippen LogP contribution in [0.3, 0.4) is 0 Å². The normalized spacial score (nSPS) is 16.9. The number of benzene rings is 8. The number of hydrogen-bond donors (Lipinski definition) is 1. The minimum atomic E-state index is -1.54. The second kappa shape index (κ2) is 19.2. The summed E-state index contributed by atoms with van der Waals surface area (Å²) in [5, 5.41) is 10.8. The Balaban J connectivity index is 0.00000264. The topological polar surface area (TPSA) is 46.2 Å². The number of rotatable bonds is 11. The van der Waals surface area contributed by atoms with Gasteiger partial charge in [-0.3, -0.25) is 9.59 Å². The predicted molar refractivity (Wildman–Crippen MR) is 260 cm³/mol. The van der Waals surface area contributed by atoms with Crippen LogP contribution in [0.5, 0.6) is 0 Å². The number of hydrogen-bond acceptors (Lipinski definition) is 2. The van der Waals surface area contributed by atoms with Crippen LogP contribution < -0.4 is 37.1 Å². The van der Waals surface area contributed by atoms with Crippen LogP contribution in [0, 0.1) is 13.3 Å². The molecule has 0 aromatic heterocycles. The molecule has 3 aliphatic rings. The molecule has 2 bridgehead atoms. The molecule has 0 saturated carbocycles. The number of nitrogens with one attached hydrogen (secondary N) is 1. The minimum Gasteiger partial charge on any atom is -0.358 e. The third kappa shape index (κ3) is 8.11. The van der Waals surface area contributed by atoms with Gasteiger partial charge < -0.3 is 12.7 Å². The van der Waals surface area contributed by atoms with Crippen LogP contribution in [0.2, 0.25) is 0 Å². The average molecular weight is 935 g/mol. The second-order valence-corrected chi connectivity index (χ2v) is 20.7. The van der Waals surface area contributed by atoms with Crippen LogP contribution >= 0.6 is 15.8 Å². The van der Waals surface area contributed by atoms with Gasteiger partial charge >= 0.3 is 0 Å². The fourth-order valence-electron chi connectivity index (χ4n) is 10.00. The van der Waals surface area contributed by atoms with Gasteiger partial charge in [-0.1, -0.05) is 146 Å². The van der Waals surface area contributed by atoms with Crippen molar-refractivity contribution in [2.75, 3.05) is 0 Å². The van der Waals surface area contributed by atoms with E-state index in [4.69, 9.17) is 0 Å². The quantitative estimate of drug-likeness (QED) is 0.0609. The van der Waals surface area contributed by atoms with Crippen molar-refractivity contribution >= 4 is 59.4 Å². The Labute approximate surface area is 381 Å². The van der Waals surface area contributed by atoms with Crippen LogP contribution in [0.1, 0.15) is 61.2 Å². The zero-order chi connectivity index (χ0) is 40.4. The molecule has 3 nitrogen and oxygen atoms in total. The van der Waals surface area contributed by atoms with Gasteiger partial charge in [-0.25, -0.2) is 0 Å². The molecule has 0 spiro atoms. The summed E-state index contributed by atoms with van der Waals surface area (Å²) in [6.07, 6.45) is 0.301. The Morgan fingerprint density at radius 3 is 1.15 bits per heavy atom. The van der Waals surface area contributed by atoms with E-state index < -0.39 is 15.8 Å². The van der Waals surface area contributed by atoms with E-state index in [0.717, 1.165) is 16.2 Å². The molecular formula is C56H48NO2P2Pd+. The zero-order valence-corrected chi connectivity index (χ0v) is 38.0. The molecule has 11 rings (SSSR count). The molecule has 1 amide bonds. The summed E-state index contributed by atoms with van der Waals surface area (Å²) in [6.45, 7) is 0. The van der Waals surface area contributed by atoms with Gasteiger partial charge in [0.1, 0.15) is 31.8 Å². The SMILES string of the molecule is O=C(C[C@@H]1C2c3ccccc3C(c3ccccc32)[C@H]1NC(=O)c1ccccc1[PH+](c1ccccc1)c1ccccc1)c1ccccc1[PH+](c1ccccc1)c1ccccc1.[CH3-].[Pd]. The fraction of sp³-hybridized carbons (Fsp3) is 0.0893. The molecule has 0 aliphatic heterocycles. The first-order valence-corrected chi connectivity index (χ1v) is 23.8. The smallest absolute Gasteiger partial charge is 0.255 e. The summed E-state index contributed by atoms with van der Waals surface area (Å²) in [7, 11) is -3.05. The molecule has 308 valence electrons. The molecule has 0 unspecified atom stereocenters. The van der Waals surface area contributed by atoms with E-state index in [1.54, 1.807) is 0 Å². The van der Waals surface area contributed by atoms with Crippen LogP contribution in [0.25, 0.3) is 0 Å². The third-order valence-corrected chi connectivity index (χ3v) is 18.1. The molecule has 62 heavy (non-hydrogen) atoms. The number of ketones is 1. The van der Waals surface area contributed by atoms with Crippen molar-refractivity contribution in [2.24, 2.45) is 5.92 Å². The first-order chi connectivity index (χ1) is 29.7. The van der Waals surface area contributed by atoms with Crippen molar-refractivity contribution in [3.63, 3.8) is 0 Å². The number of carbonyl (C=O) groups is 2. The Morgan fingerprint density at radius 1 is 0.403 bits per heavy atom. The van der Waals surface area contributed by atoms with Crippen molar-refractivity contribution in [1.82, 2.24) is 5.32 Å². The molecule has 6 heteroatoms. The molecule has 2 atom stereocenters. The third-order valence-electron chi connectivity index (χ3n) is 12.5. The van der Waals surface area contributed by atoms with Gasteiger partial charge in [0.2, 0.25) is 0 Å². The summed E-state index contributed by atoms with van der Waals surface area (Å²) < 4.78 is 0. The van der Waals surface area contributed by atoms with Crippen molar-refractivity contribution in [3.8, 4) is 0 Å². The molecular weight excluding hydrogens is 887 g/mol. The van der Waals surface area contributed by atoms with Crippen molar-refractivity contribution in [1.29, 1.82) is 0 Å². The Kier molecular flexibility index (Phi) is 13.4. The van der Waals surface area contributed by atoms with Crippen molar-refractivity contribution < 1.29 is 30.0 Å². The largest absolute Gasteiger partial charge is 0.358 e. The van der Waals surface area contributed by atoms with Crippen LogP contribution in [0.15, 0.2) is 218 Å². The van der Waals surface area contributed by atoms with Gasteiger partial charge in [0, 0.05) is 44.7 Å². The maximum atomic E-state index is 15.3. The number of amides is 1. The van der Waals surface area contributed by atoms with Crippen LogP contribution in [-0.2, 0) is 20.4 Å². The standard InChI is InChI=1S/C55H43NO2P2.CH3.Pd/c57-49(46-33-17-19-35-50(46)59(38-21-5-1-6-22-38)39-23-7-2-8-24-39)37-48-52-42-29-13-15-31-44(42)53(45-32-16-14-30-43(45)52)54(48)56-55(58)47-34-18-20-36-51(47)60(40-25-9-3-10-26-40)41-27-11-4-12-28-41;;/h1-36,48,52-54H,37H2,(H,56,58);1H3;/q;-1;/p+2/t48-,52?,53?,54+;;/m1../s1. The maximum Gasteiger partial charge on any atom is 0.255 e. The van der Waals surface area contributed by atoms with Gasteiger partial charge in [-0.15, -0.1) is 0 Å². The van der Waals surface area contributed by atoms with Gasteiger partial charge in [-0.2, -0.15) is 0 Å². The Morgan fingerprint density at radius 2 is 0.726 bits per heavy atom. The fourth-order valence-corrected chi connectivity index (χ4v) is 15.5. The molecule has 0 heterocycles. The van der Waals surface area contributed by atoms with E-state index in [1.807, 2.05) is 36.4 Å². The number of Topliss-reactive ketones (excluding diaryl/α,β-unsaturated/α-hetero) is 1. The van der Waals surface area contributed by atoms with E-state index in [0.29, 0.717) is 12.0 Å². The predicted octanol–water partition coefficient (Wildman–Crippen LogP) is 9.39. The summed E-state index contributed by atoms with van der Waals surface area (Å²) >= 11 is 0. The molecule has 8 aromatic carbocycles. The van der Waals surface area contributed by atoms with Gasteiger partial charge in [0.15, 0.2) is 5.78 Å². The van der Waals surface area contributed by atoms with E-state index in [-0.39, 0.29) is 63.3 Å². The summed E-state index contributed by atoms with van der Waals surface area (Å²) in [6, 6.07) is 75.9.